The molecule has 0 amide bonds. The van der Waals surface area contributed by atoms with Gasteiger partial charge in [-0.3, -0.25) is 4.90 Å². The fraction of sp³-hybridized carbons (Fsp3) is 0.472. The molecule has 1 saturated carbocycles. The van der Waals surface area contributed by atoms with E-state index in [-0.39, 0.29) is 52.5 Å². The van der Waals surface area contributed by atoms with Crippen molar-refractivity contribution in [2.75, 3.05) is 37.7 Å². The van der Waals surface area contributed by atoms with Crippen molar-refractivity contribution in [3.05, 3.63) is 51.6 Å². The molecule has 2 aromatic heterocycles. The largest absolute Gasteiger partial charge is 0.508 e. The van der Waals surface area contributed by atoms with Gasteiger partial charge >= 0.3 is 11.6 Å². The molecule has 3 saturated heterocycles. The Hall–Kier alpha value is -4.27. The number of hydrogen-bond acceptors (Lipinski definition) is 9. The maximum absolute atomic E-state index is 14.9. The topological polar surface area (TPSA) is 112 Å². The van der Waals surface area contributed by atoms with Crippen LogP contribution in [-0.2, 0) is 0 Å². The molecule has 2 unspecified atom stereocenters. The molecule has 8 rings (SSSR count). The molecule has 9 nitrogen and oxygen atoms in total. The molecule has 0 spiro atoms. The number of nitrogens with zero attached hydrogens (tertiary/aromatic N) is 4. The molecule has 11 heteroatoms. The molecule has 2 N–H and O–H groups in total. The maximum Gasteiger partial charge on any atom is 0.349 e. The summed E-state index contributed by atoms with van der Waals surface area (Å²) in [7, 11) is 0. The highest BCUT2D eigenvalue weighted by molar-refractivity contribution is 6.03. The SMILES string of the molecule is C#Cc1c(F)ccc2cc(O)cc(-c3oc(=O)c4c(N5CC6CCCC(C5)C6O)nc(OC[C@@]56CCCN5C[C@H](F)C6)nc4c3C)c12. The molecule has 1 aliphatic carbocycles. The number of hydrogen-bond donors (Lipinski definition) is 2. The molecular weight excluding hydrogens is 606 g/mol. The van der Waals surface area contributed by atoms with Gasteiger partial charge in [-0.15, -0.1) is 6.42 Å². The van der Waals surface area contributed by atoms with E-state index in [0.29, 0.717) is 53.7 Å². The molecule has 4 fully saturated rings. The van der Waals surface area contributed by atoms with Crippen molar-refractivity contribution in [2.45, 2.75) is 63.3 Å². The smallest absolute Gasteiger partial charge is 0.349 e. The van der Waals surface area contributed by atoms with Crippen LogP contribution in [0.4, 0.5) is 14.6 Å². The number of terminal acetylenes is 1. The van der Waals surface area contributed by atoms with Gasteiger partial charge in [0.1, 0.15) is 35.5 Å². The zero-order valence-electron chi connectivity index (χ0n) is 26.1. The predicted molar refractivity (Wildman–Crippen MR) is 173 cm³/mol. The van der Waals surface area contributed by atoms with Gasteiger partial charge in [-0.1, -0.05) is 18.4 Å². The van der Waals surface area contributed by atoms with Crippen LogP contribution in [0.1, 0.15) is 49.7 Å². The highest BCUT2D eigenvalue weighted by atomic mass is 19.1. The van der Waals surface area contributed by atoms with Crippen molar-refractivity contribution in [3.63, 3.8) is 0 Å². The third-order valence-electron chi connectivity index (χ3n) is 11.0. The molecule has 5 heterocycles. The number of phenolic OH excluding ortho intramolecular Hbond substituents is 1. The number of fused-ring (bicyclic) bond motifs is 5. The lowest BCUT2D eigenvalue weighted by atomic mass is 9.75. The Labute approximate surface area is 270 Å². The van der Waals surface area contributed by atoms with Gasteiger partial charge in [0.15, 0.2) is 5.82 Å². The fourth-order valence-electron chi connectivity index (χ4n) is 8.74. The first-order valence-corrected chi connectivity index (χ1v) is 16.4. The van der Waals surface area contributed by atoms with E-state index in [1.165, 1.54) is 24.3 Å². The highest BCUT2D eigenvalue weighted by Crippen LogP contribution is 2.43. The van der Waals surface area contributed by atoms with Crippen LogP contribution >= 0.6 is 0 Å². The predicted octanol–water partition coefficient (Wildman–Crippen LogP) is 5.09. The summed E-state index contributed by atoms with van der Waals surface area (Å²) in [6, 6.07) is 5.67. The van der Waals surface area contributed by atoms with Gasteiger partial charge in [-0.05, 0) is 62.7 Å². The third kappa shape index (κ3) is 4.83. The van der Waals surface area contributed by atoms with Crippen LogP contribution in [0.25, 0.3) is 33.0 Å². The summed E-state index contributed by atoms with van der Waals surface area (Å²) in [5.74, 6) is 2.20. The number of aryl methyl sites for hydroxylation is 1. The number of aliphatic hydroxyl groups excluding tert-OH is 1. The van der Waals surface area contributed by atoms with Gasteiger partial charge in [0.2, 0.25) is 0 Å². The van der Waals surface area contributed by atoms with Crippen LogP contribution in [0.2, 0.25) is 0 Å². The zero-order valence-corrected chi connectivity index (χ0v) is 26.1. The van der Waals surface area contributed by atoms with E-state index in [0.717, 1.165) is 38.6 Å². The first-order chi connectivity index (χ1) is 22.7. The normalized spacial score (nSPS) is 27.3. The third-order valence-corrected chi connectivity index (χ3v) is 11.0. The quantitative estimate of drug-likeness (QED) is 0.288. The number of aromatic hydroxyl groups is 1. The minimum Gasteiger partial charge on any atom is -0.508 e. The monoisotopic (exact) mass is 642 g/mol. The van der Waals surface area contributed by atoms with Crippen LogP contribution in [0.3, 0.4) is 0 Å². The van der Waals surface area contributed by atoms with Crippen molar-refractivity contribution < 1.29 is 28.1 Å². The zero-order chi connectivity index (χ0) is 32.6. The second-order valence-electron chi connectivity index (χ2n) is 13.8. The average molecular weight is 643 g/mol. The summed E-state index contributed by atoms with van der Waals surface area (Å²) in [6.45, 7) is 4.15. The number of alkyl halides is 1. The molecular formula is C36H36F2N4O5. The van der Waals surface area contributed by atoms with Gasteiger partial charge in [0, 0.05) is 54.4 Å². The van der Waals surface area contributed by atoms with Gasteiger partial charge in [-0.25, -0.2) is 13.6 Å². The Morgan fingerprint density at radius 1 is 1.15 bits per heavy atom. The minimum atomic E-state index is -0.921. The molecule has 0 radical (unpaired) electrons. The number of anilines is 1. The Morgan fingerprint density at radius 3 is 2.70 bits per heavy atom. The van der Waals surface area contributed by atoms with Gasteiger partial charge in [0.25, 0.3) is 0 Å². The number of piperidine rings is 1. The molecule has 4 aliphatic rings. The molecule has 3 aliphatic heterocycles. The van der Waals surface area contributed by atoms with Crippen LogP contribution < -0.4 is 15.3 Å². The number of benzene rings is 2. The number of ether oxygens (including phenoxy) is 1. The van der Waals surface area contributed by atoms with Crippen LogP contribution in [0.5, 0.6) is 11.8 Å². The second-order valence-corrected chi connectivity index (χ2v) is 13.8. The Bertz CT molecular complexity index is 2010. The molecule has 244 valence electrons. The number of halogens is 2. The summed E-state index contributed by atoms with van der Waals surface area (Å²) in [6.07, 6.45) is 9.33. The first kappa shape index (κ1) is 30.1. The lowest BCUT2D eigenvalue weighted by molar-refractivity contribution is 0.00582. The van der Waals surface area contributed by atoms with Gasteiger partial charge in [-0.2, -0.15) is 9.97 Å². The van der Waals surface area contributed by atoms with Gasteiger partial charge < -0.3 is 24.3 Å². The minimum absolute atomic E-state index is 0.0198. The lowest BCUT2D eigenvalue weighted by Crippen LogP contribution is -2.52. The fourth-order valence-corrected chi connectivity index (χ4v) is 8.74. The molecule has 2 bridgehead atoms. The standard InChI is InChI=1S/C36H36F2N4O5/c1-3-25-27(38)9-8-20-12-24(43)13-26(28(20)25)32-19(2)30-29(34(45)47-32)33(41-15-21-6-4-7-22(16-41)31(21)44)40-35(39-30)46-18-36-10-5-11-42(36)17-23(37)14-36/h1,8-9,12-13,21-23,31,43-44H,4-7,10-11,14-18H2,2H3/t21?,22?,23-,31?,36+/m1/s1. The maximum atomic E-state index is 14.9. The molecule has 2 aromatic carbocycles. The van der Waals surface area contributed by atoms with E-state index >= 15 is 0 Å². The summed E-state index contributed by atoms with van der Waals surface area (Å²) in [5, 5.41) is 22.5. The van der Waals surface area contributed by atoms with Crippen molar-refractivity contribution in [1.82, 2.24) is 14.9 Å². The highest BCUT2D eigenvalue weighted by Gasteiger charge is 2.49. The van der Waals surface area contributed by atoms with Crippen LogP contribution in [0, 0.1) is 36.9 Å². The van der Waals surface area contributed by atoms with Crippen molar-refractivity contribution in [3.8, 4) is 35.4 Å². The van der Waals surface area contributed by atoms with E-state index < -0.39 is 29.3 Å². The number of aromatic nitrogens is 2. The molecule has 47 heavy (non-hydrogen) atoms. The number of phenols is 1. The summed E-state index contributed by atoms with van der Waals surface area (Å²) in [5.41, 5.74) is -0.162. The summed E-state index contributed by atoms with van der Waals surface area (Å²) in [4.78, 5) is 27.8. The Morgan fingerprint density at radius 2 is 1.94 bits per heavy atom. The first-order valence-electron chi connectivity index (χ1n) is 16.4. The Balaban J connectivity index is 1.31. The van der Waals surface area contributed by atoms with E-state index in [1.54, 1.807) is 6.92 Å². The van der Waals surface area contributed by atoms with E-state index in [2.05, 4.69) is 10.8 Å². The van der Waals surface area contributed by atoms with Crippen LogP contribution in [-0.4, -0.2) is 75.7 Å². The van der Waals surface area contributed by atoms with Crippen molar-refractivity contribution in [2.24, 2.45) is 11.8 Å². The summed E-state index contributed by atoms with van der Waals surface area (Å²) >= 11 is 0. The number of aliphatic hydroxyl groups is 1. The number of rotatable bonds is 5. The molecule has 4 atom stereocenters. The van der Waals surface area contributed by atoms with Crippen LogP contribution in [0.15, 0.2) is 33.5 Å². The van der Waals surface area contributed by atoms with Crippen molar-refractivity contribution in [1.29, 1.82) is 0 Å². The average Bonchev–Trinajstić information content (AvgIpc) is 3.56. The second kappa shape index (κ2) is 11.2. The molecule has 4 aromatic rings. The van der Waals surface area contributed by atoms with E-state index in [4.69, 9.17) is 25.5 Å². The Kier molecular flexibility index (Phi) is 7.15. The van der Waals surface area contributed by atoms with E-state index in [1.807, 2.05) is 4.90 Å². The van der Waals surface area contributed by atoms with Gasteiger partial charge in [0.05, 0.1) is 22.7 Å². The van der Waals surface area contributed by atoms with Crippen molar-refractivity contribution >= 4 is 27.5 Å². The lowest BCUT2D eigenvalue weighted by Gasteiger charge is -2.45. The summed E-state index contributed by atoms with van der Waals surface area (Å²) < 4.78 is 41.8. The van der Waals surface area contributed by atoms with E-state index in [9.17, 15) is 23.8 Å².